The van der Waals surface area contributed by atoms with E-state index >= 15 is 0 Å². The summed E-state index contributed by atoms with van der Waals surface area (Å²) in [5, 5.41) is 8.99. The van der Waals surface area contributed by atoms with Crippen molar-refractivity contribution >= 4 is 5.91 Å². The predicted octanol–water partition coefficient (Wildman–Crippen LogP) is 3.84. The Morgan fingerprint density at radius 2 is 1.86 bits per heavy atom. The van der Waals surface area contributed by atoms with Gasteiger partial charge in [0.25, 0.3) is 5.91 Å². The Hall–Kier alpha value is -2.84. The monoisotopic (exact) mass is 389 g/mol. The van der Waals surface area contributed by atoms with Gasteiger partial charge in [0.2, 0.25) is 0 Å². The van der Waals surface area contributed by atoms with Gasteiger partial charge in [-0.05, 0) is 80.7 Å². The number of hydrogen-bond acceptors (Lipinski definition) is 4. The second-order valence-electron chi connectivity index (χ2n) is 7.93. The normalized spacial score (nSPS) is 19.3. The standard InChI is InChI=1S/C24H27N3O2/c25-16-19-5-3-6-20(15-19)18-29-23-10-8-21(9-11-23)24(28)27-14-4-7-22(27)17-26-12-1-2-13-26/h3,5-6,8-11,15,22H,1-2,4,7,12-14,17-18H2. The van der Waals surface area contributed by atoms with Gasteiger partial charge in [0.1, 0.15) is 12.4 Å². The number of nitrogens with zero attached hydrogens (tertiary/aromatic N) is 3. The maximum atomic E-state index is 13.0. The summed E-state index contributed by atoms with van der Waals surface area (Å²) in [6.45, 7) is 4.59. The van der Waals surface area contributed by atoms with Crippen molar-refractivity contribution in [2.24, 2.45) is 0 Å². The van der Waals surface area contributed by atoms with Crippen molar-refractivity contribution in [3.05, 3.63) is 65.2 Å². The summed E-state index contributed by atoms with van der Waals surface area (Å²) in [7, 11) is 0. The topological polar surface area (TPSA) is 56.6 Å². The predicted molar refractivity (Wildman–Crippen MR) is 112 cm³/mol. The van der Waals surface area contributed by atoms with Gasteiger partial charge in [0.05, 0.1) is 11.6 Å². The zero-order chi connectivity index (χ0) is 20.1. The zero-order valence-corrected chi connectivity index (χ0v) is 16.7. The van der Waals surface area contributed by atoms with Crippen LogP contribution < -0.4 is 4.74 Å². The molecule has 150 valence electrons. The van der Waals surface area contributed by atoms with Crippen LogP contribution in [0.25, 0.3) is 0 Å². The Bertz CT molecular complexity index is 882. The van der Waals surface area contributed by atoms with Gasteiger partial charge in [-0.1, -0.05) is 12.1 Å². The first kappa shape index (κ1) is 19.5. The molecule has 4 rings (SSSR count). The number of ether oxygens (including phenoxy) is 1. The molecule has 2 heterocycles. The smallest absolute Gasteiger partial charge is 0.254 e. The molecule has 2 aliphatic heterocycles. The van der Waals surface area contributed by atoms with E-state index in [1.54, 1.807) is 6.07 Å². The molecule has 0 aliphatic carbocycles. The molecule has 2 saturated heterocycles. The summed E-state index contributed by atoms with van der Waals surface area (Å²) in [6.07, 6.45) is 4.75. The van der Waals surface area contributed by atoms with Crippen molar-refractivity contribution in [3.63, 3.8) is 0 Å². The van der Waals surface area contributed by atoms with E-state index in [2.05, 4.69) is 15.9 Å². The zero-order valence-electron chi connectivity index (χ0n) is 16.7. The molecule has 0 bridgehead atoms. The van der Waals surface area contributed by atoms with Crippen LogP contribution in [-0.4, -0.2) is 47.9 Å². The molecule has 1 unspecified atom stereocenters. The molecule has 2 aliphatic rings. The maximum Gasteiger partial charge on any atom is 0.254 e. The number of rotatable bonds is 6. The van der Waals surface area contributed by atoms with E-state index < -0.39 is 0 Å². The van der Waals surface area contributed by atoms with Gasteiger partial charge >= 0.3 is 0 Å². The molecular formula is C24H27N3O2. The highest BCUT2D eigenvalue weighted by Crippen LogP contribution is 2.23. The van der Waals surface area contributed by atoms with Crippen molar-refractivity contribution in [2.75, 3.05) is 26.2 Å². The quantitative estimate of drug-likeness (QED) is 0.753. The van der Waals surface area contributed by atoms with Crippen molar-refractivity contribution in [3.8, 4) is 11.8 Å². The molecule has 2 aromatic rings. The summed E-state index contributed by atoms with van der Waals surface area (Å²) < 4.78 is 5.82. The van der Waals surface area contributed by atoms with Crippen LogP contribution in [0.2, 0.25) is 0 Å². The summed E-state index contributed by atoms with van der Waals surface area (Å²) in [5.74, 6) is 0.846. The molecule has 5 heteroatoms. The van der Waals surface area contributed by atoms with Gasteiger partial charge < -0.3 is 14.5 Å². The minimum Gasteiger partial charge on any atom is -0.489 e. The average Bonchev–Trinajstić information content (AvgIpc) is 3.45. The van der Waals surface area contributed by atoms with Crippen LogP contribution in [0, 0.1) is 11.3 Å². The number of nitriles is 1. The molecule has 0 spiro atoms. The number of carbonyl (C=O) groups excluding carboxylic acids is 1. The molecular weight excluding hydrogens is 362 g/mol. The van der Waals surface area contributed by atoms with Crippen molar-refractivity contribution < 1.29 is 9.53 Å². The Balaban J connectivity index is 1.35. The molecule has 0 saturated carbocycles. The Morgan fingerprint density at radius 3 is 2.62 bits per heavy atom. The van der Waals surface area contributed by atoms with Crippen LogP contribution in [0.5, 0.6) is 5.75 Å². The second-order valence-corrected chi connectivity index (χ2v) is 7.93. The molecule has 0 radical (unpaired) electrons. The van der Waals surface area contributed by atoms with Crippen molar-refractivity contribution in [1.29, 1.82) is 5.26 Å². The SMILES string of the molecule is N#Cc1cccc(COc2ccc(C(=O)N3CCCC3CN3CCCC3)cc2)c1. The van der Waals surface area contributed by atoms with Crippen LogP contribution in [0.1, 0.15) is 47.2 Å². The highest BCUT2D eigenvalue weighted by Gasteiger charge is 2.31. The lowest BCUT2D eigenvalue weighted by Crippen LogP contribution is -2.42. The first-order valence-corrected chi connectivity index (χ1v) is 10.5. The molecule has 0 aromatic heterocycles. The Morgan fingerprint density at radius 1 is 1.07 bits per heavy atom. The number of benzene rings is 2. The van der Waals surface area contributed by atoms with Gasteiger partial charge in [-0.3, -0.25) is 4.79 Å². The van der Waals surface area contributed by atoms with Crippen LogP contribution in [0.15, 0.2) is 48.5 Å². The average molecular weight is 389 g/mol. The third-order valence-electron chi connectivity index (χ3n) is 5.87. The minimum absolute atomic E-state index is 0.125. The third kappa shape index (κ3) is 4.78. The number of amides is 1. The van der Waals surface area contributed by atoms with E-state index in [-0.39, 0.29) is 5.91 Å². The van der Waals surface area contributed by atoms with Gasteiger partial charge in [-0.25, -0.2) is 0 Å². The minimum atomic E-state index is 0.125. The van der Waals surface area contributed by atoms with Crippen LogP contribution in [-0.2, 0) is 6.61 Å². The summed E-state index contributed by atoms with van der Waals surface area (Å²) in [6, 6.07) is 17.3. The van der Waals surface area contributed by atoms with Gasteiger partial charge in [-0.2, -0.15) is 5.26 Å². The summed E-state index contributed by atoms with van der Waals surface area (Å²) >= 11 is 0. The van der Waals surface area contributed by atoms with Crippen LogP contribution >= 0.6 is 0 Å². The second kappa shape index (κ2) is 9.11. The molecule has 29 heavy (non-hydrogen) atoms. The molecule has 5 nitrogen and oxygen atoms in total. The number of carbonyl (C=O) groups is 1. The number of likely N-dealkylation sites (tertiary alicyclic amines) is 2. The van der Waals surface area contributed by atoms with Crippen molar-refractivity contribution in [1.82, 2.24) is 9.80 Å². The maximum absolute atomic E-state index is 13.0. The van der Waals surface area contributed by atoms with E-state index in [0.717, 1.165) is 42.8 Å². The van der Waals surface area contributed by atoms with Gasteiger partial charge in [0, 0.05) is 24.7 Å². The van der Waals surface area contributed by atoms with E-state index in [4.69, 9.17) is 10.00 Å². The lowest BCUT2D eigenvalue weighted by atomic mass is 10.1. The molecule has 2 fully saturated rings. The van der Waals surface area contributed by atoms with Crippen LogP contribution in [0.4, 0.5) is 0 Å². The summed E-state index contributed by atoms with van der Waals surface area (Å²) in [5.41, 5.74) is 2.30. The number of hydrogen-bond donors (Lipinski definition) is 0. The molecule has 1 amide bonds. The fourth-order valence-electron chi connectivity index (χ4n) is 4.31. The van der Waals surface area contributed by atoms with E-state index in [0.29, 0.717) is 18.2 Å². The van der Waals surface area contributed by atoms with Gasteiger partial charge in [-0.15, -0.1) is 0 Å². The fraction of sp³-hybridized carbons (Fsp3) is 0.417. The van der Waals surface area contributed by atoms with Crippen molar-refractivity contribution in [2.45, 2.75) is 38.3 Å². The molecule has 0 N–H and O–H groups in total. The highest BCUT2D eigenvalue weighted by atomic mass is 16.5. The fourth-order valence-corrected chi connectivity index (χ4v) is 4.31. The Labute approximate surface area is 172 Å². The van der Waals surface area contributed by atoms with Crippen LogP contribution in [0.3, 0.4) is 0 Å². The van der Waals surface area contributed by atoms with E-state index in [1.165, 1.54) is 25.9 Å². The highest BCUT2D eigenvalue weighted by molar-refractivity contribution is 5.94. The first-order chi connectivity index (χ1) is 14.2. The first-order valence-electron chi connectivity index (χ1n) is 10.5. The summed E-state index contributed by atoms with van der Waals surface area (Å²) in [4.78, 5) is 17.6. The largest absolute Gasteiger partial charge is 0.489 e. The Kier molecular flexibility index (Phi) is 6.12. The molecule has 2 aromatic carbocycles. The lowest BCUT2D eigenvalue weighted by Gasteiger charge is -2.28. The van der Waals surface area contributed by atoms with E-state index in [1.807, 2.05) is 42.5 Å². The lowest BCUT2D eigenvalue weighted by molar-refractivity contribution is 0.0708. The van der Waals surface area contributed by atoms with Gasteiger partial charge in [0.15, 0.2) is 0 Å². The molecule has 1 atom stereocenters. The van der Waals surface area contributed by atoms with E-state index in [9.17, 15) is 4.79 Å². The third-order valence-corrected chi connectivity index (χ3v) is 5.87.